The predicted molar refractivity (Wildman–Crippen MR) is 61.8 cm³/mol. The van der Waals surface area contributed by atoms with Gasteiger partial charge in [0.15, 0.2) is 0 Å². The second kappa shape index (κ2) is 4.35. The van der Waals surface area contributed by atoms with Gasteiger partial charge in [0.1, 0.15) is 0 Å². The van der Waals surface area contributed by atoms with E-state index in [9.17, 15) is 0 Å². The minimum Gasteiger partial charge on any atom is -0.326 e. The zero-order valence-corrected chi connectivity index (χ0v) is 9.74. The van der Waals surface area contributed by atoms with Crippen LogP contribution in [0.4, 0.5) is 0 Å². The second-order valence-corrected chi connectivity index (χ2v) is 4.74. The van der Waals surface area contributed by atoms with Crippen LogP contribution in [0.25, 0.3) is 0 Å². The SMILES string of the molecule is Cc1cc(C)n(C2CCCCCC2N)n1. The van der Waals surface area contributed by atoms with E-state index in [1.54, 1.807) is 0 Å². The number of aromatic nitrogens is 2. The van der Waals surface area contributed by atoms with Crippen LogP contribution in [0.2, 0.25) is 0 Å². The molecule has 0 aromatic carbocycles. The van der Waals surface area contributed by atoms with Crippen LogP contribution >= 0.6 is 0 Å². The molecule has 1 heterocycles. The van der Waals surface area contributed by atoms with Gasteiger partial charge in [0.05, 0.1) is 11.7 Å². The largest absolute Gasteiger partial charge is 0.326 e. The van der Waals surface area contributed by atoms with E-state index in [1.165, 1.54) is 31.4 Å². The lowest BCUT2D eigenvalue weighted by molar-refractivity contribution is 0.351. The highest BCUT2D eigenvalue weighted by Crippen LogP contribution is 2.27. The quantitative estimate of drug-likeness (QED) is 0.718. The van der Waals surface area contributed by atoms with Crippen molar-refractivity contribution < 1.29 is 0 Å². The Bertz CT molecular complexity index is 330. The smallest absolute Gasteiger partial charge is 0.0673 e. The van der Waals surface area contributed by atoms with Gasteiger partial charge in [0.25, 0.3) is 0 Å². The molecule has 84 valence electrons. The van der Waals surface area contributed by atoms with Crippen LogP contribution in [0.3, 0.4) is 0 Å². The van der Waals surface area contributed by atoms with Gasteiger partial charge in [0.2, 0.25) is 0 Å². The van der Waals surface area contributed by atoms with E-state index >= 15 is 0 Å². The lowest BCUT2D eigenvalue weighted by Crippen LogP contribution is -2.32. The summed E-state index contributed by atoms with van der Waals surface area (Å²) in [6.45, 7) is 4.17. The van der Waals surface area contributed by atoms with Crippen LogP contribution in [-0.2, 0) is 0 Å². The van der Waals surface area contributed by atoms with Crippen LogP contribution in [0.5, 0.6) is 0 Å². The fourth-order valence-corrected chi connectivity index (χ4v) is 2.60. The van der Waals surface area contributed by atoms with Gasteiger partial charge < -0.3 is 5.73 Å². The molecule has 1 aromatic heterocycles. The topological polar surface area (TPSA) is 43.8 Å². The number of hydrogen-bond acceptors (Lipinski definition) is 2. The summed E-state index contributed by atoms with van der Waals surface area (Å²) in [4.78, 5) is 0. The maximum Gasteiger partial charge on any atom is 0.0673 e. The normalized spacial score (nSPS) is 27.7. The minimum absolute atomic E-state index is 0.283. The van der Waals surface area contributed by atoms with Gasteiger partial charge >= 0.3 is 0 Å². The fourth-order valence-electron chi connectivity index (χ4n) is 2.60. The van der Waals surface area contributed by atoms with Crippen molar-refractivity contribution in [3.63, 3.8) is 0 Å². The first-order valence-corrected chi connectivity index (χ1v) is 5.97. The van der Waals surface area contributed by atoms with Gasteiger partial charge in [-0.25, -0.2) is 0 Å². The Hall–Kier alpha value is -0.830. The third-order valence-electron chi connectivity index (χ3n) is 3.39. The molecule has 2 unspecified atom stereocenters. The maximum atomic E-state index is 6.23. The third kappa shape index (κ3) is 2.23. The molecule has 15 heavy (non-hydrogen) atoms. The molecule has 2 atom stereocenters. The number of nitrogens with zero attached hydrogens (tertiary/aromatic N) is 2. The molecule has 0 radical (unpaired) electrons. The van der Waals surface area contributed by atoms with Crippen molar-refractivity contribution in [2.45, 2.75) is 58.0 Å². The van der Waals surface area contributed by atoms with E-state index in [-0.39, 0.29) is 6.04 Å². The van der Waals surface area contributed by atoms with Gasteiger partial charge in [-0.05, 0) is 32.8 Å². The number of rotatable bonds is 1. The average molecular weight is 207 g/mol. The molecule has 0 spiro atoms. The van der Waals surface area contributed by atoms with E-state index < -0.39 is 0 Å². The average Bonchev–Trinajstić information content (AvgIpc) is 2.39. The van der Waals surface area contributed by atoms with Gasteiger partial charge in [-0.1, -0.05) is 19.3 Å². The first-order valence-electron chi connectivity index (χ1n) is 5.97. The molecule has 0 aliphatic heterocycles. The minimum atomic E-state index is 0.283. The Balaban J connectivity index is 2.23. The van der Waals surface area contributed by atoms with E-state index in [1.807, 2.05) is 6.92 Å². The van der Waals surface area contributed by atoms with Crippen molar-refractivity contribution in [3.8, 4) is 0 Å². The van der Waals surface area contributed by atoms with Crippen molar-refractivity contribution in [2.24, 2.45) is 5.73 Å². The van der Waals surface area contributed by atoms with Crippen molar-refractivity contribution in [1.29, 1.82) is 0 Å². The molecule has 3 nitrogen and oxygen atoms in total. The molecule has 1 aliphatic rings. The molecular weight excluding hydrogens is 186 g/mol. The van der Waals surface area contributed by atoms with Crippen LogP contribution < -0.4 is 5.73 Å². The number of aryl methyl sites for hydroxylation is 2. The molecular formula is C12H21N3. The van der Waals surface area contributed by atoms with Crippen LogP contribution in [-0.4, -0.2) is 15.8 Å². The van der Waals surface area contributed by atoms with E-state index in [2.05, 4.69) is 22.8 Å². The highest BCUT2D eigenvalue weighted by molar-refractivity contribution is 5.08. The number of hydrogen-bond donors (Lipinski definition) is 1. The monoisotopic (exact) mass is 207 g/mol. The molecule has 0 amide bonds. The zero-order chi connectivity index (χ0) is 10.8. The Morgan fingerprint density at radius 1 is 1.27 bits per heavy atom. The summed E-state index contributed by atoms with van der Waals surface area (Å²) in [5.74, 6) is 0. The molecule has 1 aliphatic carbocycles. The van der Waals surface area contributed by atoms with Crippen molar-refractivity contribution in [2.75, 3.05) is 0 Å². The number of nitrogens with two attached hydrogens (primary N) is 1. The predicted octanol–water partition coefficient (Wildman–Crippen LogP) is 2.33. The van der Waals surface area contributed by atoms with Crippen molar-refractivity contribution >= 4 is 0 Å². The third-order valence-corrected chi connectivity index (χ3v) is 3.39. The zero-order valence-electron chi connectivity index (χ0n) is 9.74. The fraction of sp³-hybridized carbons (Fsp3) is 0.750. The van der Waals surface area contributed by atoms with Gasteiger partial charge in [-0.3, -0.25) is 4.68 Å². The van der Waals surface area contributed by atoms with E-state index in [0.29, 0.717) is 6.04 Å². The Kier molecular flexibility index (Phi) is 3.10. The molecule has 0 saturated heterocycles. The lowest BCUT2D eigenvalue weighted by Gasteiger charge is -2.23. The molecule has 3 heteroatoms. The molecule has 1 aromatic rings. The first kappa shape index (κ1) is 10.7. The van der Waals surface area contributed by atoms with Crippen molar-refractivity contribution in [1.82, 2.24) is 9.78 Å². The van der Waals surface area contributed by atoms with Crippen LogP contribution in [0, 0.1) is 13.8 Å². The summed E-state index contributed by atoms with van der Waals surface area (Å²) in [6.07, 6.45) is 6.21. The van der Waals surface area contributed by atoms with E-state index in [0.717, 1.165) is 12.1 Å². The standard InChI is InChI=1S/C12H21N3/c1-9-8-10(2)15(14-9)12-7-5-3-4-6-11(12)13/h8,11-12H,3-7,13H2,1-2H3. The summed E-state index contributed by atoms with van der Waals surface area (Å²) < 4.78 is 2.14. The molecule has 0 bridgehead atoms. The summed E-state index contributed by atoms with van der Waals surface area (Å²) >= 11 is 0. The summed E-state index contributed by atoms with van der Waals surface area (Å²) in [6, 6.07) is 2.84. The maximum absolute atomic E-state index is 6.23. The van der Waals surface area contributed by atoms with Crippen LogP contribution in [0.1, 0.15) is 49.5 Å². The van der Waals surface area contributed by atoms with Crippen LogP contribution in [0.15, 0.2) is 6.07 Å². The van der Waals surface area contributed by atoms with E-state index in [4.69, 9.17) is 5.73 Å². The summed E-state index contributed by atoms with van der Waals surface area (Å²) in [5, 5.41) is 4.56. The van der Waals surface area contributed by atoms with Gasteiger partial charge in [0, 0.05) is 11.7 Å². The molecule has 2 N–H and O–H groups in total. The second-order valence-electron chi connectivity index (χ2n) is 4.74. The molecule has 1 fully saturated rings. The lowest BCUT2D eigenvalue weighted by atomic mass is 10.0. The van der Waals surface area contributed by atoms with Gasteiger partial charge in [-0.15, -0.1) is 0 Å². The molecule has 1 saturated carbocycles. The Morgan fingerprint density at radius 2 is 2.00 bits per heavy atom. The van der Waals surface area contributed by atoms with Crippen molar-refractivity contribution in [3.05, 3.63) is 17.5 Å². The Labute approximate surface area is 91.7 Å². The molecule has 2 rings (SSSR count). The summed E-state index contributed by atoms with van der Waals surface area (Å²) in [7, 11) is 0. The summed E-state index contributed by atoms with van der Waals surface area (Å²) in [5.41, 5.74) is 8.57. The highest BCUT2D eigenvalue weighted by Gasteiger charge is 2.23. The first-order chi connectivity index (χ1) is 7.18. The van der Waals surface area contributed by atoms with Gasteiger partial charge in [-0.2, -0.15) is 5.10 Å². The highest BCUT2D eigenvalue weighted by atomic mass is 15.3. The Morgan fingerprint density at radius 3 is 2.67 bits per heavy atom.